The van der Waals surface area contributed by atoms with E-state index in [9.17, 15) is 9.59 Å². The van der Waals surface area contributed by atoms with Crippen LogP contribution in [-0.4, -0.2) is 22.8 Å². The molecule has 2 N–H and O–H groups in total. The molecule has 3 rings (SSSR count). The van der Waals surface area contributed by atoms with Crippen molar-refractivity contribution in [2.75, 3.05) is 0 Å². The first-order valence-corrected chi connectivity index (χ1v) is 9.30. The summed E-state index contributed by atoms with van der Waals surface area (Å²) in [4.78, 5) is 28.9. The molecule has 5 heteroatoms. The van der Waals surface area contributed by atoms with Gasteiger partial charge in [0.25, 0.3) is 11.8 Å². The molecule has 1 heterocycles. The molecule has 26 heavy (non-hydrogen) atoms. The molecule has 0 spiro atoms. The summed E-state index contributed by atoms with van der Waals surface area (Å²) in [6.45, 7) is 0.443. The Labute approximate surface area is 154 Å². The average molecular weight is 351 g/mol. The van der Waals surface area contributed by atoms with Crippen molar-refractivity contribution < 1.29 is 9.59 Å². The molecule has 1 aromatic carbocycles. The monoisotopic (exact) mass is 351 g/mol. The third-order valence-electron chi connectivity index (χ3n) is 4.75. The van der Waals surface area contributed by atoms with Crippen LogP contribution in [0, 0.1) is 0 Å². The molecule has 1 aromatic heterocycles. The van der Waals surface area contributed by atoms with Gasteiger partial charge in [0.1, 0.15) is 0 Å². The second kappa shape index (κ2) is 9.13. The number of nitrogens with one attached hydrogen (secondary N) is 2. The van der Waals surface area contributed by atoms with Crippen LogP contribution in [0.1, 0.15) is 64.8 Å². The molecule has 1 aliphatic carbocycles. The molecule has 2 amide bonds. The maximum Gasteiger partial charge on any atom is 0.253 e. The molecule has 1 saturated carbocycles. The van der Waals surface area contributed by atoms with Gasteiger partial charge in [-0.05, 0) is 24.5 Å². The highest BCUT2D eigenvalue weighted by atomic mass is 16.2. The van der Waals surface area contributed by atoms with Crippen molar-refractivity contribution in [3.05, 3.63) is 65.5 Å². The van der Waals surface area contributed by atoms with E-state index in [1.165, 1.54) is 25.2 Å². The Morgan fingerprint density at radius 3 is 2.27 bits per heavy atom. The number of amides is 2. The standard InChI is InChI=1S/C21H25N3O2/c25-20(23-13-16-8-4-3-5-9-16)17-12-18(15-22-14-17)21(26)24-19-10-6-1-2-7-11-19/h3-5,8-9,12,14-15,19H,1-2,6-7,10-11,13H2,(H,23,25)(H,24,26). The van der Waals surface area contributed by atoms with Crippen molar-refractivity contribution in [3.8, 4) is 0 Å². The van der Waals surface area contributed by atoms with Crippen LogP contribution in [0.15, 0.2) is 48.8 Å². The quantitative estimate of drug-likeness (QED) is 0.811. The largest absolute Gasteiger partial charge is 0.349 e. The second-order valence-electron chi connectivity index (χ2n) is 6.79. The first-order chi connectivity index (χ1) is 12.7. The molecule has 2 aromatic rings. The van der Waals surface area contributed by atoms with Crippen molar-refractivity contribution in [2.45, 2.75) is 51.1 Å². The number of carbonyl (C=O) groups excluding carboxylic acids is 2. The lowest BCUT2D eigenvalue weighted by molar-refractivity contribution is 0.0933. The summed E-state index contributed by atoms with van der Waals surface area (Å²) in [6.07, 6.45) is 9.85. The molecule has 0 atom stereocenters. The van der Waals surface area contributed by atoms with Gasteiger partial charge in [-0.1, -0.05) is 56.0 Å². The van der Waals surface area contributed by atoms with Crippen LogP contribution in [-0.2, 0) is 6.54 Å². The summed E-state index contributed by atoms with van der Waals surface area (Å²) < 4.78 is 0. The van der Waals surface area contributed by atoms with E-state index in [4.69, 9.17) is 0 Å². The zero-order valence-corrected chi connectivity index (χ0v) is 14.9. The maximum atomic E-state index is 12.5. The Morgan fingerprint density at radius 2 is 1.58 bits per heavy atom. The van der Waals surface area contributed by atoms with E-state index in [-0.39, 0.29) is 17.9 Å². The lowest BCUT2D eigenvalue weighted by Gasteiger charge is -2.16. The first-order valence-electron chi connectivity index (χ1n) is 9.30. The van der Waals surface area contributed by atoms with Gasteiger partial charge in [0.2, 0.25) is 0 Å². The molecule has 0 unspecified atom stereocenters. The van der Waals surface area contributed by atoms with Gasteiger partial charge < -0.3 is 10.6 Å². The fourth-order valence-electron chi connectivity index (χ4n) is 3.26. The van der Waals surface area contributed by atoms with E-state index in [2.05, 4.69) is 15.6 Å². The number of nitrogens with zero attached hydrogens (tertiary/aromatic N) is 1. The minimum atomic E-state index is -0.231. The summed E-state index contributed by atoms with van der Waals surface area (Å²) in [5.41, 5.74) is 1.85. The SMILES string of the molecule is O=C(NCc1ccccc1)c1cncc(C(=O)NC2CCCCCC2)c1. The van der Waals surface area contributed by atoms with E-state index >= 15 is 0 Å². The third kappa shape index (κ3) is 5.15. The normalized spacial score (nSPS) is 15.1. The smallest absolute Gasteiger partial charge is 0.253 e. The Bertz CT molecular complexity index is 738. The van der Waals surface area contributed by atoms with Gasteiger partial charge in [-0.15, -0.1) is 0 Å². The Kier molecular flexibility index (Phi) is 6.36. The van der Waals surface area contributed by atoms with Gasteiger partial charge in [-0.2, -0.15) is 0 Å². The topological polar surface area (TPSA) is 71.1 Å². The van der Waals surface area contributed by atoms with E-state index < -0.39 is 0 Å². The molecule has 0 aliphatic heterocycles. The summed E-state index contributed by atoms with van der Waals surface area (Å²) in [5, 5.41) is 5.95. The van der Waals surface area contributed by atoms with Crippen LogP contribution >= 0.6 is 0 Å². The van der Waals surface area contributed by atoms with Crippen molar-refractivity contribution in [3.63, 3.8) is 0 Å². The molecule has 0 saturated heterocycles. The fraction of sp³-hybridized carbons (Fsp3) is 0.381. The molecule has 0 bridgehead atoms. The van der Waals surface area contributed by atoms with Crippen molar-refractivity contribution >= 4 is 11.8 Å². The van der Waals surface area contributed by atoms with Gasteiger partial charge in [0.15, 0.2) is 0 Å². The Morgan fingerprint density at radius 1 is 0.923 bits per heavy atom. The number of pyridine rings is 1. The fourth-order valence-corrected chi connectivity index (χ4v) is 3.26. The van der Waals surface area contributed by atoms with Crippen LogP contribution in [0.25, 0.3) is 0 Å². The number of rotatable bonds is 5. The number of aromatic nitrogens is 1. The van der Waals surface area contributed by atoms with Crippen molar-refractivity contribution in [1.82, 2.24) is 15.6 Å². The van der Waals surface area contributed by atoms with E-state index in [1.807, 2.05) is 30.3 Å². The van der Waals surface area contributed by atoms with Gasteiger partial charge in [-0.25, -0.2) is 0 Å². The molecular formula is C21H25N3O2. The first kappa shape index (κ1) is 18.1. The second-order valence-corrected chi connectivity index (χ2v) is 6.79. The predicted octanol–water partition coefficient (Wildman–Crippen LogP) is 3.46. The van der Waals surface area contributed by atoms with Gasteiger partial charge in [-0.3, -0.25) is 14.6 Å². The number of hydrogen-bond acceptors (Lipinski definition) is 3. The van der Waals surface area contributed by atoms with Crippen molar-refractivity contribution in [2.24, 2.45) is 0 Å². The number of carbonyl (C=O) groups is 2. The summed E-state index contributed by atoms with van der Waals surface area (Å²) in [7, 11) is 0. The minimum Gasteiger partial charge on any atom is -0.349 e. The minimum absolute atomic E-state index is 0.151. The summed E-state index contributed by atoms with van der Waals surface area (Å²) >= 11 is 0. The van der Waals surface area contributed by atoms with Gasteiger partial charge >= 0.3 is 0 Å². The molecule has 1 fully saturated rings. The lowest BCUT2D eigenvalue weighted by Crippen LogP contribution is -2.34. The maximum absolute atomic E-state index is 12.5. The summed E-state index contributed by atoms with van der Waals surface area (Å²) in [6, 6.07) is 11.5. The highest BCUT2D eigenvalue weighted by Crippen LogP contribution is 2.17. The lowest BCUT2D eigenvalue weighted by atomic mass is 10.1. The van der Waals surface area contributed by atoms with E-state index in [0.29, 0.717) is 17.7 Å². The molecule has 0 radical (unpaired) electrons. The highest BCUT2D eigenvalue weighted by Gasteiger charge is 2.17. The molecule has 5 nitrogen and oxygen atoms in total. The molecule has 1 aliphatic rings. The predicted molar refractivity (Wildman–Crippen MR) is 101 cm³/mol. The van der Waals surface area contributed by atoms with Crippen LogP contribution < -0.4 is 10.6 Å². The van der Waals surface area contributed by atoms with E-state index in [0.717, 1.165) is 31.2 Å². The Hall–Kier alpha value is -2.69. The molecular weight excluding hydrogens is 326 g/mol. The van der Waals surface area contributed by atoms with Gasteiger partial charge in [0, 0.05) is 25.0 Å². The van der Waals surface area contributed by atoms with Crippen LogP contribution in [0.5, 0.6) is 0 Å². The van der Waals surface area contributed by atoms with Crippen LogP contribution in [0.4, 0.5) is 0 Å². The zero-order chi connectivity index (χ0) is 18.2. The molecule has 136 valence electrons. The highest BCUT2D eigenvalue weighted by molar-refractivity contribution is 5.99. The third-order valence-corrected chi connectivity index (χ3v) is 4.75. The summed E-state index contributed by atoms with van der Waals surface area (Å²) in [5.74, 6) is -0.382. The van der Waals surface area contributed by atoms with Crippen LogP contribution in [0.2, 0.25) is 0 Å². The average Bonchev–Trinajstić information content (AvgIpc) is 2.95. The zero-order valence-electron chi connectivity index (χ0n) is 14.9. The Balaban J connectivity index is 1.59. The van der Waals surface area contributed by atoms with Gasteiger partial charge in [0.05, 0.1) is 11.1 Å². The number of benzene rings is 1. The number of hydrogen-bond donors (Lipinski definition) is 2. The van der Waals surface area contributed by atoms with Crippen LogP contribution in [0.3, 0.4) is 0 Å². The van der Waals surface area contributed by atoms with E-state index in [1.54, 1.807) is 6.07 Å². The van der Waals surface area contributed by atoms with Crippen molar-refractivity contribution in [1.29, 1.82) is 0 Å².